The summed E-state index contributed by atoms with van der Waals surface area (Å²) in [5.74, 6) is 0.698. The van der Waals surface area contributed by atoms with Gasteiger partial charge in [-0.25, -0.2) is 0 Å². The van der Waals surface area contributed by atoms with Crippen molar-refractivity contribution in [1.29, 1.82) is 0 Å². The molecule has 5 rings (SSSR count). The minimum atomic E-state index is -0.203. The Morgan fingerprint density at radius 1 is 1.16 bits per heavy atom. The van der Waals surface area contributed by atoms with Crippen LogP contribution in [0.2, 0.25) is 0 Å². The Labute approximate surface area is 221 Å². The van der Waals surface area contributed by atoms with Crippen LogP contribution in [0.5, 0.6) is 0 Å². The molecule has 1 amide bonds. The van der Waals surface area contributed by atoms with Gasteiger partial charge in [-0.3, -0.25) is 9.78 Å². The third-order valence-electron chi connectivity index (χ3n) is 6.63. The number of pyridine rings is 1. The number of hydrogen-bond acceptors (Lipinski definition) is 5. The number of benzene rings is 1. The predicted octanol–water partition coefficient (Wildman–Crippen LogP) is 4.90. The van der Waals surface area contributed by atoms with E-state index in [0.29, 0.717) is 17.3 Å². The highest BCUT2D eigenvalue weighted by Crippen LogP contribution is 2.43. The number of furan rings is 1. The fourth-order valence-corrected chi connectivity index (χ4v) is 5.26. The number of carbonyl (C=O) groups is 1. The number of ether oxygens (including phenoxy) is 1. The van der Waals surface area contributed by atoms with Gasteiger partial charge in [0, 0.05) is 36.1 Å². The number of amides is 1. The molecule has 9 heteroatoms. The van der Waals surface area contributed by atoms with Gasteiger partial charge in [0.05, 0.1) is 30.6 Å². The van der Waals surface area contributed by atoms with Crippen molar-refractivity contribution in [2.75, 3.05) is 23.9 Å². The molecule has 0 saturated carbocycles. The molecule has 0 spiro atoms. The van der Waals surface area contributed by atoms with Crippen LogP contribution in [0.4, 0.5) is 11.4 Å². The third kappa shape index (κ3) is 5.00. The summed E-state index contributed by atoms with van der Waals surface area (Å²) in [5.41, 5.74) is 5.96. The van der Waals surface area contributed by atoms with Crippen LogP contribution < -0.4 is 15.5 Å². The van der Waals surface area contributed by atoms with Crippen LogP contribution in [0.3, 0.4) is 0 Å². The van der Waals surface area contributed by atoms with Crippen LogP contribution in [0.15, 0.2) is 77.5 Å². The van der Waals surface area contributed by atoms with Crippen molar-refractivity contribution in [3.8, 4) is 0 Å². The summed E-state index contributed by atoms with van der Waals surface area (Å²) in [6.45, 7) is 4.90. The summed E-state index contributed by atoms with van der Waals surface area (Å²) in [5, 5.41) is 6.97. The minimum absolute atomic E-state index is 0.00331. The zero-order chi connectivity index (χ0) is 25.9. The monoisotopic (exact) mass is 515 g/mol. The summed E-state index contributed by atoms with van der Waals surface area (Å²) >= 11 is 5.87. The molecule has 1 aliphatic rings. The van der Waals surface area contributed by atoms with Crippen LogP contribution in [-0.2, 0) is 16.1 Å². The molecule has 1 aromatic carbocycles. The smallest absolute Gasteiger partial charge is 0.250 e. The lowest BCUT2D eigenvalue weighted by atomic mass is 9.96. The van der Waals surface area contributed by atoms with Gasteiger partial charge in [0.2, 0.25) is 5.91 Å². The highest BCUT2D eigenvalue weighted by atomic mass is 32.1. The minimum Gasteiger partial charge on any atom is -0.467 e. The summed E-state index contributed by atoms with van der Waals surface area (Å²) in [6, 6.07) is 19.4. The Morgan fingerprint density at radius 2 is 1.97 bits per heavy atom. The molecular formula is C28H29N5O3S. The molecule has 1 fully saturated rings. The van der Waals surface area contributed by atoms with E-state index in [2.05, 4.69) is 45.0 Å². The van der Waals surface area contributed by atoms with E-state index >= 15 is 0 Å². The first kappa shape index (κ1) is 24.7. The summed E-state index contributed by atoms with van der Waals surface area (Å²) in [7, 11) is 1.49. The molecule has 1 saturated heterocycles. The SMILES string of the molecule is COCC(=O)Nc1ccc(N2C(=S)N[C@H](c3ccccn3)[C@@H]2c2cc(C)n(Cc3ccco3)c2C)cc1. The number of nitrogens with one attached hydrogen (secondary N) is 2. The van der Waals surface area contributed by atoms with E-state index in [0.717, 1.165) is 34.1 Å². The topological polar surface area (TPSA) is 84.6 Å². The largest absolute Gasteiger partial charge is 0.467 e. The summed E-state index contributed by atoms with van der Waals surface area (Å²) in [6.07, 6.45) is 3.50. The Morgan fingerprint density at radius 3 is 2.65 bits per heavy atom. The first-order valence-corrected chi connectivity index (χ1v) is 12.5. The van der Waals surface area contributed by atoms with Crippen LogP contribution >= 0.6 is 12.2 Å². The van der Waals surface area contributed by atoms with Gasteiger partial charge in [-0.15, -0.1) is 0 Å². The molecule has 4 aromatic rings. The van der Waals surface area contributed by atoms with Gasteiger partial charge in [0.25, 0.3) is 0 Å². The van der Waals surface area contributed by atoms with Crippen LogP contribution in [0, 0.1) is 13.8 Å². The second-order valence-electron chi connectivity index (χ2n) is 9.02. The van der Waals surface area contributed by atoms with Gasteiger partial charge in [0.1, 0.15) is 12.4 Å². The quantitative estimate of drug-likeness (QED) is 0.323. The Hall–Kier alpha value is -3.95. The average Bonchev–Trinajstić information content (AvgIpc) is 3.60. The van der Waals surface area contributed by atoms with Crippen molar-refractivity contribution < 1.29 is 13.9 Å². The molecular weight excluding hydrogens is 486 g/mol. The van der Waals surface area contributed by atoms with Crippen molar-refractivity contribution >= 4 is 34.6 Å². The lowest BCUT2D eigenvalue weighted by molar-refractivity contribution is -0.119. The number of anilines is 2. The Balaban J connectivity index is 1.54. The maximum Gasteiger partial charge on any atom is 0.250 e. The number of hydrogen-bond donors (Lipinski definition) is 2. The second-order valence-corrected chi connectivity index (χ2v) is 9.40. The van der Waals surface area contributed by atoms with E-state index in [4.69, 9.17) is 21.4 Å². The molecule has 4 heterocycles. The van der Waals surface area contributed by atoms with Gasteiger partial charge in [-0.05, 0) is 86.2 Å². The first-order valence-electron chi connectivity index (χ1n) is 12.0. The predicted molar refractivity (Wildman–Crippen MR) is 147 cm³/mol. The van der Waals surface area contributed by atoms with E-state index in [1.807, 2.05) is 54.6 Å². The van der Waals surface area contributed by atoms with E-state index in [1.54, 1.807) is 12.5 Å². The van der Waals surface area contributed by atoms with E-state index in [-0.39, 0.29) is 24.6 Å². The standard InChI is InChI=1S/C28H29N5O3S/c1-18-15-23(19(2)32(18)16-22-7-6-14-36-22)27-26(24-8-4-5-13-29-24)31-28(37)33(27)21-11-9-20(10-12-21)30-25(34)17-35-3/h4-15,26-27H,16-17H2,1-3H3,(H,30,34)(H,31,37)/t26-,27+/m1/s1. The number of methoxy groups -OCH3 is 1. The van der Waals surface area contributed by atoms with Gasteiger partial charge in [-0.1, -0.05) is 6.07 Å². The Bertz CT molecular complexity index is 1380. The number of thiocarbonyl (C=S) groups is 1. The maximum atomic E-state index is 11.9. The fraction of sp³-hybridized carbons (Fsp3) is 0.250. The number of nitrogens with zero attached hydrogens (tertiary/aromatic N) is 3. The van der Waals surface area contributed by atoms with E-state index < -0.39 is 0 Å². The molecule has 37 heavy (non-hydrogen) atoms. The van der Waals surface area contributed by atoms with Gasteiger partial charge in [-0.2, -0.15) is 0 Å². The lowest BCUT2D eigenvalue weighted by Crippen LogP contribution is -2.29. The zero-order valence-electron chi connectivity index (χ0n) is 21.0. The highest BCUT2D eigenvalue weighted by Gasteiger charge is 2.42. The third-order valence-corrected chi connectivity index (χ3v) is 6.94. The second kappa shape index (κ2) is 10.6. The maximum absolute atomic E-state index is 11.9. The summed E-state index contributed by atoms with van der Waals surface area (Å²) in [4.78, 5) is 18.7. The van der Waals surface area contributed by atoms with Crippen LogP contribution in [0.1, 0.15) is 40.5 Å². The molecule has 0 bridgehead atoms. The number of aryl methyl sites for hydroxylation is 1. The zero-order valence-corrected chi connectivity index (χ0v) is 21.8. The Kier molecular flexibility index (Phi) is 7.07. The van der Waals surface area contributed by atoms with Gasteiger partial charge in [0.15, 0.2) is 5.11 Å². The molecule has 0 radical (unpaired) electrons. The van der Waals surface area contributed by atoms with Crippen molar-refractivity contribution in [3.05, 3.63) is 102 Å². The number of carbonyl (C=O) groups excluding carboxylic acids is 1. The number of aromatic nitrogens is 2. The van der Waals surface area contributed by atoms with Crippen molar-refractivity contribution in [3.63, 3.8) is 0 Å². The van der Waals surface area contributed by atoms with Crippen LogP contribution in [0.25, 0.3) is 0 Å². The molecule has 2 atom stereocenters. The molecule has 1 aliphatic heterocycles. The average molecular weight is 516 g/mol. The molecule has 0 unspecified atom stereocenters. The molecule has 190 valence electrons. The van der Waals surface area contributed by atoms with Gasteiger partial charge >= 0.3 is 0 Å². The normalized spacial score (nSPS) is 17.2. The fourth-order valence-electron chi connectivity index (χ4n) is 4.91. The molecule has 2 N–H and O–H groups in total. The van der Waals surface area contributed by atoms with E-state index in [9.17, 15) is 4.79 Å². The summed E-state index contributed by atoms with van der Waals surface area (Å²) < 4.78 is 12.8. The van der Waals surface area contributed by atoms with Crippen molar-refractivity contribution in [2.45, 2.75) is 32.5 Å². The number of rotatable bonds is 8. The van der Waals surface area contributed by atoms with Crippen LogP contribution in [-0.4, -0.2) is 34.3 Å². The van der Waals surface area contributed by atoms with Crippen molar-refractivity contribution in [2.24, 2.45) is 0 Å². The first-order chi connectivity index (χ1) is 18.0. The van der Waals surface area contributed by atoms with Crippen molar-refractivity contribution in [1.82, 2.24) is 14.9 Å². The molecule has 0 aliphatic carbocycles. The van der Waals surface area contributed by atoms with E-state index in [1.165, 1.54) is 7.11 Å². The highest BCUT2D eigenvalue weighted by molar-refractivity contribution is 7.80. The van der Waals surface area contributed by atoms with Gasteiger partial charge < -0.3 is 29.3 Å². The molecule has 8 nitrogen and oxygen atoms in total. The lowest BCUT2D eigenvalue weighted by Gasteiger charge is -2.28. The molecule has 3 aromatic heterocycles.